The molecule has 0 spiro atoms. The van der Waals surface area contributed by atoms with Crippen molar-refractivity contribution in [3.05, 3.63) is 89.5 Å². The molecular weight excluding hydrogens is 382 g/mol. The van der Waals surface area contributed by atoms with E-state index in [0.29, 0.717) is 33.8 Å². The molecule has 7 heteroatoms. The molecule has 0 saturated carbocycles. The van der Waals surface area contributed by atoms with Gasteiger partial charge < -0.3 is 10.6 Å². The standard InChI is InChI=1S/C23H17N3O4/c1-14(27)24-16-9-11-17(12-10-16)25-21(28)15-5-4-6-18(13-15)26-22(29)19-7-2-3-8-20(19)23(26)30/h2-13H,1H3,(H,24,27)(H,25,28). The Morgan fingerprint density at radius 2 is 1.30 bits per heavy atom. The number of rotatable bonds is 4. The van der Waals surface area contributed by atoms with E-state index in [1.165, 1.54) is 13.0 Å². The second-order valence-corrected chi connectivity index (χ2v) is 6.75. The quantitative estimate of drug-likeness (QED) is 0.654. The van der Waals surface area contributed by atoms with Gasteiger partial charge in [-0.3, -0.25) is 19.2 Å². The van der Waals surface area contributed by atoms with Crippen LogP contribution in [0.15, 0.2) is 72.8 Å². The first-order chi connectivity index (χ1) is 14.4. The maximum atomic E-state index is 12.7. The number of anilines is 3. The van der Waals surface area contributed by atoms with Gasteiger partial charge in [-0.25, -0.2) is 4.90 Å². The van der Waals surface area contributed by atoms with Crippen LogP contribution in [0.4, 0.5) is 17.1 Å². The lowest BCUT2D eigenvalue weighted by Crippen LogP contribution is -2.29. The molecule has 148 valence electrons. The fraction of sp³-hybridized carbons (Fsp3) is 0.0435. The first-order valence-corrected chi connectivity index (χ1v) is 9.21. The Hall–Kier alpha value is -4.26. The van der Waals surface area contributed by atoms with Gasteiger partial charge in [0.2, 0.25) is 5.91 Å². The topological polar surface area (TPSA) is 95.6 Å². The fourth-order valence-corrected chi connectivity index (χ4v) is 3.25. The number of hydrogen-bond acceptors (Lipinski definition) is 4. The molecule has 0 aliphatic carbocycles. The molecule has 1 aliphatic rings. The Morgan fingerprint density at radius 1 is 0.733 bits per heavy atom. The third kappa shape index (κ3) is 3.56. The van der Waals surface area contributed by atoms with Crippen molar-refractivity contribution >= 4 is 40.7 Å². The van der Waals surface area contributed by atoms with E-state index in [-0.39, 0.29) is 11.8 Å². The largest absolute Gasteiger partial charge is 0.326 e. The van der Waals surface area contributed by atoms with Crippen molar-refractivity contribution in [1.82, 2.24) is 0 Å². The summed E-state index contributed by atoms with van der Waals surface area (Å²) < 4.78 is 0. The van der Waals surface area contributed by atoms with Gasteiger partial charge in [0.15, 0.2) is 0 Å². The lowest BCUT2D eigenvalue weighted by molar-refractivity contribution is -0.114. The van der Waals surface area contributed by atoms with Crippen LogP contribution in [0.25, 0.3) is 0 Å². The van der Waals surface area contributed by atoms with E-state index in [2.05, 4.69) is 10.6 Å². The number of carbonyl (C=O) groups excluding carboxylic acids is 4. The summed E-state index contributed by atoms with van der Waals surface area (Å²) in [6, 6.07) is 19.6. The Labute approximate surface area is 172 Å². The van der Waals surface area contributed by atoms with Crippen LogP contribution < -0.4 is 15.5 Å². The molecule has 0 radical (unpaired) electrons. The van der Waals surface area contributed by atoms with Crippen molar-refractivity contribution in [2.45, 2.75) is 6.92 Å². The molecule has 0 atom stereocenters. The number of imide groups is 1. The summed E-state index contributed by atoms with van der Waals surface area (Å²) in [7, 11) is 0. The second kappa shape index (κ2) is 7.63. The molecule has 0 bridgehead atoms. The van der Waals surface area contributed by atoms with Gasteiger partial charge in [-0.15, -0.1) is 0 Å². The molecule has 0 saturated heterocycles. The zero-order valence-corrected chi connectivity index (χ0v) is 16.0. The average molecular weight is 399 g/mol. The molecule has 4 amide bonds. The highest BCUT2D eigenvalue weighted by atomic mass is 16.2. The highest BCUT2D eigenvalue weighted by Gasteiger charge is 2.36. The monoisotopic (exact) mass is 399 g/mol. The maximum Gasteiger partial charge on any atom is 0.266 e. The van der Waals surface area contributed by atoms with E-state index in [1.54, 1.807) is 66.7 Å². The first kappa shape index (κ1) is 19.1. The van der Waals surface area contributed by atoms with Crippen LogP contribution in [-0.4, -0.2) is 23.6 Å². The minimum absolute atomic E-state index is 0.184. The summed E-state index contributed by atoms with van der Waals surface area (Å²) in [4.78, 5) is 50.1. The number of nitrogens with one attached hydrogen (secondary N) is 2. The Balaban J connectivity index is 1.54. The molecule has 2 N–H and O–H groups in total. The van der Waals surface area contributed by atoms with Gasteiger partial charge in [0.05, 0.1) is 16.8 Å². The van der Waals surface area contributed by atoms with Crippen LogP contribution in [0.5, 0.6) is 0 Å². The first-order valence-electron chi connectivity index (χ1n) is 9.21. The zero-order valence-electron chi connectivity index (χ0n) is 16.0. The summed E-state index contributed by atoms with van der Waals surface area (Å²) in [6.07, 6.45) is 0. The van der Waals surface area contributed by atoms with Crippen LogP contribution in [0.3, 0.4) is 0 Å². The molecule has 4 rings (SSSR count). The van der Waals surface area contributed by atoms with Crippen molar-refractivity contribution in [2.75, 3.05) is 15.5 Å². The van der Waals surface area contributed by atoms with Gasteiger partial charge in [0, 0.05) is 23.9 Å². The number of hydrogen-bond donors (Lipinski definition) is 2. The van der Waals surface area contributed by atoms with Crippen LogP contribution in [0.2, 0.25) is 0 Å². The second-order valence-electron chi connectivity index (χ2n) is 6.75. The fourth-order valence-electron chi connectivity index (χ4n) is 3.25. The number of fused-ring (bicyclic) bond motifs is 1. The van der Waals surface area contributed by atoms with E-state index in [1.807, 2.05) is 0 Å². The normalized spacial score (nSPS) is 12.5. The summed E-state index contributed by atoms with van der Waals surface area (Å²) >= 11 is 0. The molecule has 3 aromatic carbocycles. The summed E-state index contributed by atoms with van der Waals surface area (Å²) in [5, 5.41) is 5.41. The highest BCUT2D eigenvalue weighted by Crippen LogP contribution is 2.29. The molecule has 1 aliphatic heterocycles. The van der Waals surface area contributed by atoms with Gasteiger partial charge in [-0.05, 0) is 54.6 Å². The van der Waals surface area contributed by atoms with Gasteiger partial charge in [-0.1, -0.05) is 18.2 Å². The van der Waals surface area contributed by atoms with Gasteiger partial charge in [-0.2, -0.15) is 0 Å². The van der Waals surface area contributed by atoms with E-state index in [9.17, 15) is 19.2 Å². The Kier molecular flexibility index (Phi) is 4.85. The third-order valence-electron chi connectivity index (χ3n) is 4.62. The summed E-state index contributed by atoms with van der Waals surface area (Å²) in [5.41, 5.74) is 2.48. The van der Waals surface area contributed by atoms with E-state index in [0.717, 1.165) is 4.90 Å². The van der Waals surface area contributed by atoms with E-state index >= 15 is 0 Å². The van der Waals surface area contributed by atoms with Gasteiger partial charge in [0.25, 0.3) is 17.7 Å². The smallest absolute Gasteiger partial charge is 0.266 e. The maximum absolute atomic E-state index is 12.7. The van der Waals surface area contributed by atoms with E-state index in [4.69, 9.17) is 0 Å². The number of carbonyl (C=O) groups is 4. The number of nitrogens with zero attached hydrogens (tertiary/aromatic N) is 1. The lowest BCUT2D eigenvalue weighted by Gasteiger charge is -2.15. The number of benzene rings is 3. The number of amides is 4. The minimum Gasteiger partial charge on any atom is -0.326 e. The lowest BCUT2D eigenvalue weighted by atomic mass is 10.1. The van der Waals surface area contributed by atoms with Crippen LogP contribution in [-0.2, 0) is 4.79 Å². The minimum atomic E-state index is -0.415. The Bertz CT molecular complexity index is 1150. The van der Waals surface area contributed by atoms with Crippen molar-refractivity contribution in [3.8, 4) is 0 Å². The molecule has 7 nitrogen and oxygen atoms in total. The van der Waals surface area contributed by atoms with Gasteiger partial charge in [0.1, 0.15) is 0 Å². The summed E-state index contributed by atoms with van der Waals surface area (Å²) in [6.45, 7) is 1.41. The Morgan fingerprint density at radius 3 is 1.87 bits per heavy atom. The third-order valence-corrected chi connectivity index (χ3v) is 4.62. The SMILES string of the molecule is CC(=O)Nc1ccc(NC(=O)c2cccc(N3C(=O)c4ccccc4C3=O)c2)cc1. The van der Waals surface area contributed by atoms with Gasteiger partial charge >= 0.3 is 0 Å². The van der Waals surface area contributed by atoms with E-state index < -0.39 is 11.8 Å². The highest BCUT2D eigenvalue weighted by molar-refractivity contribution is 6.34. The molecule has 1 heterocycles. The molecule has 0 aromatic heterocycles. The van der Waals surface area contributed by atoms with Crippen LogP contribution in [0, 0.1) is 0 Å². The molecule has 0 fully saturated rings. The van der Waals surface area contributed by atoms with Crippen molar-refractivity contribution in [3.63, 3.8) is 0 Å². The molecular formula is C23H17N3O4. The molecule has 30 heavy (non-hydrogen) atoms. The van der Waals surface area contributed by atoms with Crippen molar-refractivity contribution in [1.29, 1.82) is 0 Å². The predicted octanol–water partition coefficient (Wildman–Crippen LogP) is 3.70. The summed E-state index contributed by atoms with van der Waals surface area (Å²) in [5.74, 6) is -1.40. The zero-order chi connectivity index (χ0) is 21.3. The van der Waals surface area contributed by atoms with Crippen molar-refractivity contribution in [2.24, 2.45) is 0 Å². The molecule has 0 unspecified atom stereocenters. The van der Waals surface area contributed by atoms with Crippen LogP contribution in [0.1, 0.15) is 38.0 Å². The van der Waals surface area contributed by atoms with Crippen LogP contribution >= 0.6 is 0 Å². The predicted molar refractivity (Wildman–Crippen MR) is 113 cm³/mol. The van der Waals surface area contributed by atoms with Crippen molar-refractivity contribution < 1.29 is 19.2 Å². The average Bonchev–Trinajstić information content (AvgIpc) is 3.00. The molecule has 3 aromatic rings.